The lowest BCUT2D eigenvalue weighted by atomic mass is 10.2. The number of hydrogen-bond donors (Lipinski definition) is 1. The van der Waals surface area contributed by atoms with E-state index in [4.69, 9.17) is 0 Å². The number of aromatic nitrogens is 4. The van der Waals surface area contributed by atoms with Crippen molar-refractivity contribution in [2.75, 3.05) is 31.1 Å². The maximum Gasteiger partial charge on any atom is 0.271 e. The summed E-state index contributed by atoms with van der Waals surface area (Å²) in [4.78, 5) is 20.8. The maximum absolute atomic E-state index is 12.7. The Labute approximate surface area is 168 Å². The number of rotatable bonds is 4. The number of aryl methyl sites for hydroxylation is 1. The molecule has 0 saturated carbocycles. The molecule has 0 spiro atoms. The van der Waals surface area contributed by atoms with Crippen LogP contribution in [-0.2, 0) is 10.0 Å². The minimum absolute atomic E-state index is 0.0944. The van der Waals surface area contributed by atoms with Crippen molar-refractivity contribution in [2.45, 2.75) is 18.4 Å². The first-order chi connectivity index (χ1) is 13.9. The van der Waals surface area contributed by atoms with Crippen molar-refractivity contribution in [1.29, 1.82) is 0 Å². The molecule has 1 aliphatic rings. The Morgan fingerprint density at radius 3 is 2.52 bits per heavy atom. The summed E-state index contributed by atoms with van der Waals surface area (Å²) in [5.41, 5.74) is 1.58. The van der Waals surface area contributed by atoms with E-state index < -0.39 is 10.0 Å². The normalized spacial score (nSPS) is 16.0. The van der Waals surface area contributed by atoms with Crippen molar-refractivity contribution in [3.05, 3.63) is 64.8 Å². The van der Waals surface area contributed by atoms with Crippen molar-refractivity contribution in [2.24, 2.45) is 0 Å². The van der Waals surface area contributed by atoms with Crippen LogP contribution in [0.2, 0.25) is 0 Å². The zero-order valence-electron chi connectivity index (χ0n) is 16.0. The highest BCUT2D eigenvalue weighted by Gasteiger charge is 2.28. The summed E-state index contributed by atoms with van der Waals surface area (Å²) >= 11 is 0. The Balaban J connectivity index is 1.56. The molecule has 152 valence electrons. The van der Waals surface area contributed by atoms with Gasteiger partial charge in [0.25, 0.3) is 15.6 Å². The van der Waals surface area contributed by atoms with Crippen LogP contribution in [0.15, 0.2) is 58.7 Å². The van der Waals surface area contributed by atoms with Crippen LogP contribution >= 0.6 is 0 Å². The number of aromatic amines is 1. The highest BCUT2D eigenvalue weighted by atomic mass is 32.2. The minimum Gasteiger partial charge on any atom is -0.354 e. The Bertz CT molecular complexity index is 1140. The zero-order chi connectivity index (χ0) is 20.4. The highest BCUT2D eigenvalue weighted by molar-refractivity contribution is 7.89. The van der Waals surface area contributed by atoms with Crippen LogP contribution < -0.4 is 10.5 Å². The average Bonchev–Trinajstić information content (AvgIpc) is 3.15. The predicted octanol–water partition coefficient (Wildman–Crippen LogP) is 1.17. The number of benzene rings is 1. The van der Waals surface area contributed by atoms with Gasteiger partial charge in [0.2, 0.25) is 0 Å². The van der Waals surface area contributed by atoms with Crippen molar-refractivity contribution < 1.29 is 8.42 Å². The molecule has 1 saturated heterocycles. The zero-order valence-corrected chi connectivity index (χ0v) is 16.8. The molecule has 10 heteroatoms. The summed E-state index contributed by atoms with van der Waals surface area (Å²) in [6, 6.07) is 10.8. The van der Waals surface area contributed by atoms with Gasteiger partial charge in [-0.2, -0.15) is 8.99 Å². The van der Waals surface area contributed by atoms with E-state index in [0.29, 0.717) is 44.1 Å². The van der Waals surface area contributed by atoms with Gasteiger partial charge in [-0.05, 0) is 31.5 Å². The molecule has 1 aliphatic heterocycles. The molecular formula is C19H22N6O3S. The monoisotopic (exact) mass is 414 g/mol. The molecule has 0 bridgehead atoms. The van der Waals surface area contributed by atoms with Gasteiger partial charge in [0.05, 0.1) is 18.2 Å². The Kier molecular flexibility index (Phi) is 5.20. The summed E-state index contributed by atoms with van der Waals surface area (Å²) in [7, 11) is -3.60. The summed E-state index contributed by atoms with van der Waals surface area (Å²) < 4.78 is 28.3. The van der Waals surface area contributed by atoms with Crippen molar-refractivity contribution in [3.8, 4) is 5.69 Å². The van der Waals surface area contributed by atoms with Crippen LogP contribution in [0.5, 0.6) is 0 Å². The lowest BCUT2D eigenvalue weighted by molar-refractivity contribution is 0.431. The fourth-order valence-electron chi connectivity index (χ4n) is 3.33. The van der Waals surface area contributed by atoms with Gasteiger partial charge in [0, 0.05) is 32.2 Å². The van der Waals surface area contributed by atoms with Crippen LogP contribution in [0.3, 0.4) is 0 Å². The predicted molar refractivity (Wildman–Crippen MR) is 109 cm³/mol. The van der Waals surface area contributed by atoms with Gasteiger partial charge in [-0.15, -0.1) is 5.10 Å². The van der Waals surface area contributed by atoms with E-state index in [1.807, 2.05) is 36.1 Å². The van der Waals surface area contributed by atoms with Gasteiger partial charge >= 0.3 is 0 Å². The van der Waals surface area contributed by atoms with Crippen molar-refractivity contribution in [3.63, 3.8) is 0 Å². The third kappa shape index (κ3) is 3.94. The Morgan fingerprint density at radius 1 is 1.00 bits per heavy atom. The third-order valence-corrected chi connectivity index (χ3v) is 6.76. The van der Waals surface area contributed by atoms with E-state index in [-0.39, 0.29) is 10.6 Å². The van der Waals surface area contributed by atoms with E-state index in [0.717, 1.165) is 5.56 Å². The van der Waals surface area contributed by atoms with Gasteiger partial charge in [-0.3, -0.25) is 4.79 Å². The molecule has 3 heterocycles. The van der Waals surface area contributed by atoms with Gasteiger partial charge in [-0.25, -0.2) is 13.4 Å². The summed E-state index contributed by atoms with van der Waals surface area (Å²) in [5.74, 6) is 0.644. The molecule has 0 amide bonds. The SMILES string of the molecule is Cc1ccc(-n2nc(N3CCCN(S(=O)(=O)c4cnc[nH]4)CC3)ccc2=O)cc1. The van der Waals surface area contributed by atoms with Crippen molar-refractivity contribution >= 4 is 15.8 Å². The molecule has 9 nitrogen and oxygen atoms in total. The van der Waals surface area contributed by atoms with Crippen LogP contribution in [0, 0.1) is 6.92 Å². The summed E-state index contributed by atoms with van der Waals surface area (Å²) in [5, 5.41) is 4.62. The van der Waals surface area contributed by atoms with Crippen LogP contribution in [0.1, 0.15) is 12.0 Å². The lowest BCUT2D eigenvalue weighted by Gasteiger charge is -2.22. The van der Waals surface area contributed by atoms with Crippen LogP contribution in [0.4, 0.5) is 5.82 Å². The number of H-pyrrole nitrogens is 1. The number of anilines is 1. The Morgan fingerprint density at radius 2 is 1.79 bits per heavy atom. The molecule has 0 aliphatic carbocycles. The maximum atomic E-state index is 12.7. The first-order valence-corrected chi connectivity index (χ1v) is 10.8. The van der Waals surface area contributed by atoms with Gasteiger partial charge in [-0.1, -0.05) is 17.7 Å². The van der Waals surface area contributed by atoms with E-state index in [2.05, 4.69) is 15.1 Å². The van der Waals surface area contributed by atoms with Crippen molar-refractivity contribution in [1.82, 2.24) is 24.1 Å². The standard InChI is InChI=1S/C19H22N6O3S/c1-15-3-5-16(6-4-15)25-19(26)8-7-17(22-25)23-9-2-10-24(12-11-23)29(27,28)18-13-20-14-21-18/h3-8,13-14H,2,9-12H2,1H3,(H,20,21). The van der Waals surface area contributed by atoms with Gasteiger partial charge in [0.15, 0.2) is 5.03 Å². The Hall–Kier alpha value is -2.98. The average molecular weight is 414 g/mol. The summed E-state index contributed by atoms with van der Waals surface area (Å²) in [6.45, 7) is 3.85. The molecule has 1 aromatic carbocycles. The molecule has 0 unspecified atom stereocenters. The lowest BCUT2D eigenvalue weighted by Crippen LogP contribution is -2.36. The fourth-order valence-corrected chi connectivity index (χ4v) is 4.69. The van der Waals surface area contributed by atoms with E-state index in [1.165, 1.54) is 27.6 Å². The third-order valence-electron chi connectivity index (χ3n) is 4.93. The molecule has 29 heavy (non-hydrogen) atoms. The molecule has 0 radical (unpaired) electrons. The smallest absolute Gasteiger partial charge is 0.271 e. The second kappa shape index (κ2) is 7.80. The van der Waals surface area contributed by atoms with E-state index in [1.54, 1.807) is 6.07 Å². The largest absolute Gasteiger partial charge is 0.354 e. The van der Waals surface area contributed by atoms with Crippen LogP contribution in [-0.4, -0.2) is 58.7 Å². The van der Waals surface area contributed by atoms with Gasteiger partial charge < -0.3 is 9.88 Å². The topological polar surface area (TPSA) is 104 Å². The van der Waals surface area contributed by atoms with E-state index in [9.17, 15) is 13.2 Å². The fraction of sp³-hybridized carbons (Fsp3) is 0.316. The van der Waals surface area contributed by atoms with E-state index >= 15 is 0 Å². The number of sulfonamides is 1. The first kappa shape index (κ1) is 19.3. The second-order valence-corrected chi connectivity index (χ2v) is 8.84. The summed E-state index contributed by atoms with van der Waals surface area (Å²) in [6.07, 6.45) is 3.32. The minimum atomic E-state index is -3.60. The second-order valence-electron chi connectivity index (χ2n) is 6.94. The molecule has 1 fully saturated rings. The molecular weight excluding hydrogens is 392 g/mol. The quantitative estimate of drug-likeness (QED) is 0.687. The number of imidazole rings is 1. The molecule has 4 rings (SSSR count). The van der Waals surface area contributed by atoms with Crippen LogP contribution in [0.25, 0.3) is 5.69 Å². The van der Waals surface area contributed by atoms with Gasteiger partial charge in [0.1, 0.15) is 5.82 Å². The number of hydrogen-bond acceptors (Lipinski definition) is 6. The number of nitrogens with zero attached hydrogens (tertiary/aromatic N) is 5. The molecule has 3 aromatic rings. The highest BCUT2D eigenvalue weighted by Crippen LogP contribution is 2.18. The molecule has 0 atom stereocenters. The first-order valence-electron chi connectivity index (χ1n) is 9.36. The molecule has 2 aromatic heterocycles. The molecule has 1 N–H and O–H groups in total. The number of nitrogens with one attached hydrogen (secondary N) is 1.